The van der Waals surface area contributed by atoms with Gasteiger partial charge in [-0.05, 0) is 57.3 Å². The third-order valence-electron chi connectivity index (χ3n) is 3.07. The highest BCUT2D eigenvalue weighted by molar-refractivity contribution is 9.11. The first-order chi connectivity index (χ1) is 8.22. The minimum Gasteiger partial charge on any atom is -0.351 e. The van der Waals surface area contributed by atoms with Crippen LogP contribution in [0, 0.1) is 0 Å². The largest absolute Gasteiger partial charge is 0.351 e. The predicted molar refractivity (Wildman–Crippen MR) is 78.5 cm³/mol. The molecule has 0 aliphatic carbocycles. The van der Waals surface area contributed by atoms with E-state index in [-0.39, 0.29) is 0 Å². The first-order valence-electron chi connectivity index (χ1n) is 6.00. The van der Waals surface area contributed by atoms with Crippen molar-refractivity contribution in [3.8, 4) is 0 Å². The predicted octanol–water partition coefficient (Wildman–Crippen LogP) is 3.18. The summed E-state index contributed by atoms with van der Waals surface area (Å²) in [6.45, 7) is 5.32. The van der Waals surface area contributed by atoms with E-state index in [0.717, 1.165) is 34.4 Å². The maximum Gasteiger partial charge on any atom is 0.143 e. The van der Waals surface area contributed by atoms with Crippen LogP contribution in [0.4, 0.5) is 5.82 Å². The average molecular weight is 363 g/mol. The van der Waals surface area contributed by atoms with Crippen molar-refractivity contribution in [2.24, 2.45) is 0 Å². The zero-order chi connectivity index (χ0) is 12.3. The summed E-state index contributed by atoms with van der Waals surface area (Å²) in [7, 11) is 0. The Hall–Kier alpha value is -0.130. The Morgan fingerprint density at radius 3 is 3.06 bits per heavy atom. The summed E-state index contributed by atoms with van der Waals surface area (Å²) in [4.78, 5) is 6.92. The van der Waals surface area contributed by atoms with Crippen molar-refractivity contribution in [1.29, 1.82) is 0 Å². The van der Waals surface area contributed by atoms with E-state index >= 15 is 0 Å². The molecule has 17 heavy (non-hydrogen) atoms. The fourth-order valence-electron chi connectivity index (χ4n) is 2.26. The van der Waals surface area contributed by atoms with Gasteiger partial charge in [0.15, 0.2) is 0 Å². The molecule has 1 atom stereocenters. The minimum absolute atomic E-state index is 0.569. The van der Waals surface area contributed by atoms with Crippen LogP contribution in [0.1, 0.15) is 19.8 Å². The Morgan fingerprint density at radius 1 is 1.53 bits per heavy atom. The summed E-state index contributed by atoms with van der Waals surface area (Å²) < 4.78 is 2.07. The Morgan fingerprint density at radius 2 is 2.35 bits per heavy atom. The molecule has 1 unspecified atom stereocenters. The van der Waals surface area contributed by atoms with E-state index in [1.54, 1.807) is 0 Å². The topological polar surface area (TPSA) is 28.2 Å². The molecule has 0 aromatic carbocycles. The number of nitrogens with one attached hydrogen (secondary N) is 1. The van der Waals surface area contributed by atoms with Crippen LogP contribution in [-0.2, 0) is 0 Å². The number of aromatic nitrogens is 1. The lowest BCUT2D eigenvalue weighted by Gasteiger charge is -2.26. The van der Waals surface area contributed by atoms with E-state index in [1.165, 1.54) is 12.8 Å². The smallest absolute Gasteiger partial charge is 0.143 e. The molecule has 2 heterocycles. The van der Waals surface area contributed by atoms with E-state index in [9.17, 15) is 0 Å². The molecule has 0 radical (unpaired) electrons. The molecular weight excluding hydrogens is 346 g/mol. The van der Waals surface area contributed by atoms with Gasteiger partial charge in [0.25, 0.3) is 0 Å². The molecule has 1 N–H and O–H groups in total. The molecule has 1 aliphatic rings. The van der Waals surface area contributed by atoms with Gasteiger partial charge >= 0.3 is 0 Å². The molecule has 2 rings (SSSR count). The van der Waals surface area contributed by atoms with Gasteiger partial charge in [-0.2, -0.15) is 0 Å². The number of anilines is 1. The summed E-state index contributed by atoms with van der Waals surface area (Å²) in [6, 6.07) is 2.63. The van der Waals surface area contributed by atoms with E-state index in [2.05, 4.69) is 60.1 Å². The second kappa shape index (κ2) is 6.16. The van der Waals surface area contributed by atoms with E-state index in [4.69, 9.17) is 0 Å². The van der Waals surface area contributed by atoms with Gasteiger partial charge in [-0.3, -0.25) is 0 Å². The summed E-state index contributed by atoms with van der Waals surface area (Å²) in [6.07, 6.45) is 4.36. The highest BCUT2D eigenvalue weighted by Crippen LogP contribution is 2.31. The van der Waals surface area contributed by atoms with Crippen LogP contribution in [0.5, 0.6) is 0 Å². The SMILES string of the molecule is CCNCC1CCCN1c1ncc(Br)cc1Br. The van der Waals surface area contributed by atoms with Gasteiger partial charge in [-0.1, -0.05) is 6.92 Å². The van der Waals surface area contributed by atoms with Gasteiger partial charge in [0.1, 0.15) is 5.82 Å². The quantitative estimate of drug-likeness (QED) is 0.891. The third kappa shape index (κ3) is 3.20. The molecule has 0 saturated carbocycles. The molecule has 0 amide bonds. The summed E-state index contributed by atoms with van der Waals surface area (Å²) in [5.41, 5.74) is 0. The Balaban J connectivity index is 2.14. The molecule has 5 heteroatoms. The lowest BCUT2D eigenvalue weighted by molar-refractivity contribution is 0.584. The molecular formula is C12H17Br2N3. The standard InChI is InChI=1S/C12H17Br2N3/c1-2-15-8-10-4-3-5-17(10)12-11(14)6-9(13)7-16-12/h6-7,10,15H,2-5,8H2,1H3. The number of hydrogen-bond acceptors (Lipinski definition) is 3. The Kier molecular flexibility index (Phi) is 4.82. The lowest BCUT2D eigenvalue weighted by atomic mass is 10.2. The van der Waals surface area contributed by atoms with Gasteiger partial charge in [-0.15, -0.1) is 0 Å². The molecule has 1 aliphatic heterocycles. The van der Waals surface area contributed by atoms with Crippen LogP contribution in [0.25, 0.3) is 0 Å². The van der Waals surface area contributed by atoms with E-state index in [0.29, 0.717) is 6.04 Å². The number of rotatable bonds is 4. The van der Waals surface area contributed by atoms with Crippen molar-refractivity contribution in [3.63, 3.8) is 0 Å². The average Bonchev–Trinajstić information content (AvgIpc) is 2.74. The molecule has 1 aromatic heterocycles. The second-order valence-corrected chi connectivity index (χ2v) is 6.03. The van der Waals surface area contributed by atoms with Gasteiger partial charge in [-0.25, -0.2) is 4.98 Å². The maximum atomic E-state index is 4.52. The zero-order valence-electron chi connectivity index (χ0n) is 9.92. The fourth-order valence-corrected chi connectivity index (χ4v) is 3.47. The first-order valence-corrected chi connectivity index (χ1v) is 7.59. The number of halogens is 2. The number of nitrogens with zero attached hydrogens (tertiary/aromatic N) is 2. The molecule has 1 fully saturated rings. The Labute approximate surface area is 119 Å². The van der Waals surface area contributed by atoms with Crippen molar-refractivity contribution in [1.82, 2.24) is 10.3 Å². The number of likely N-dealkylation sites (N-methyl/N-ethyl adjacent to an activating group) is 1. The monoisotopic (exact) mass is 361 g/mol. The van der Waals surface area contributed by atoms with Crippen LogP contribution in [0.2, 0.25) is 0 Å². The molecule has 0 bridgehead atoms. The normalized spacial score (nSPS) is 19.9. The van der Waals surface area contributed by atoms with E-state index in [1.807, 2.05) is 6.20 Å². The number of pyridine rings is 1. The van der Waals surface area contributed by atoms with E-state index < -0.39 is 0 Å². The van der Waals surface area contributed by atoms with Gasteiger partial charge in [0, 0.05) is 29.8 Å². The van der Waals surface area contributed by atoms with Gasteiger partial charge < -0.3 is 10.2 Å². The minimum atomic E-state index is 0.569. The van der Waals surface area contributed by atoms with Crippen LogP contribution in [0.15, 0.2) is 21.2 Å². The summed E-state index contributed by atoms with van der Waals surface area (Å²) in [5, 5.41) is 3.43. The summed E-state index contributed by atoms with van der Waals surface area (Å²) in [5.74, 6) is 1.06. The molecule has 94 valence electrons. The molecule has 1 aromatic rings. The van der Waals surface area contributed by atoms with Crippen molar-refractivity contribution in [2.45, 2.75) is 25.8 Å². The number of hydrogen-bond donors (Lipinski definition) is 1. The lowest BCUT2D eigenvalue weighted by Crippen LogP contribution is -2.38. The first kappa shape index (κ1) is 13.3. The third-order valence-corrected chi connectivity index (χ3v) is 4.08. The van der Waals surface area contributed by atoms with Crippen LogP contribution in [-0.4, -0.2) is 30.7 Å². The maximum absolute atomic E-state index is 4.52. The van der Waals surface area contributed by atoms with Crippen LogP contribution < -0.4 is 10.2 Å². The van der Waals surface area contributed by atoms with Gasteiger partial charge in [0.2, 0.25) is 0 Å². The van der Waals surface area contributed by atoms with Crippen molar-refractivity contribution < 1.29 is 0 Å². The molecule has 0 spiro atoms. The highest BCUT2D eigenvalue weighted by atomic mass is 79.9. The van der Waals surface area contributed by atoms with Gasteiger partial charge in [0.05, 0.1) is 4.47 Å². The fraction of sp³-hybridized carbons (Fsp3) is 0.583. The molecule has 1 saturated heterocycles. The van der Waals surface area contributed by atoms with Crippen LogP contribution in [0.3, 0.4) is 0 Å². The zero-order valence-corrected chi connectivity index (χ0v) is 13.1. The van der Waals surface area contributed by atoms with Crippen molar-refractivity contribution in [3.05, 3.63) is 21.2 Å². The molecule has 3 nitrogen and oxygen atoms in total. The second-order valence-electron chi connectivity index (χ2n) is 4.26. The summed E-state index contributed by atoms with van der Waals surface area (Å²) >= 11 is 7.04. The Bertz CT molecular complexity index is 384. The van der Waals surface area contributed by atoms with Crippen molar-refractivity contribution in [2.75, 3.05) is 24.5 Å². The van der Waals surface area contributed by atoms with Crippen molar-refractivity contribution >= 4 is 37.7 Å². The van der Waals surface area contributed by atoms with Crippen LogP contribution >= 0.6 is 31.9 Å². The highest BCUT2D eigenvalue weighted by Gasteiger charge is 2.26.